The van der Waals surface area contributed by atoms with Crippen LogP contribution in [0.25, 0.3) is 11.0 Å². The number of para-hydroxylation sites is 2. The second-order valence-electron chi connectivity index (χ2n) is 7.31. The third-order valence-corrected chi connectivity index (χ3v) is 6.30. The molecule has 10 heteroatoms. The summed E-state index contributed by atoms with van der Waals surface area (Å²) in [5, 5.41) is 3.38. The van der Waals surface area contributed by atoms with Crippen molar-refractivity contribution in [3.63, 3.8) is 0 Å². The summed E-state index contributed by atoms with van der Waals surface area (Å²) in [6.07, 6.45) is 0.736. The number of ether oxygens (including phenoxy) is 1. The van der Waals surface area contributed by atoms with Crippen LogP contribution in [0.4, 0.5) is 17.3 Å². The van der Waals surface area contributed by atoms with Crippen molar-refractivity contribution in [2.24, 2.45) is 0 Å². The molecule has 0 spiro atoms. The summed E-state index contributed by atoms with van der Waals surface area (Å²) in [5.41, 5.74) is 2.09. The first kappa shape index (κ1) is 23.5. The van der Waals surface area contributed by atoms with Crippen LogP contribution in [0.3, 0.4) is 0 Å². The predicted molar refractivity (Wildman–Crippen MR) is 132 cm³/mol. The molecule has 0 amide bonds. The molecule has 0 bridgehead atoms. The van der Waals surface area contributed by atoms with Gasteiger partial charge in [0.05, 0.1) is 28.1 Å². The van der Waals surface area contributed by atoms with Gasteiger partial charge in [0.2, 0.25) is 0 Å². The van der Waals surface area contributed by atoms with E-state index >= 15 is 0 Å². The normalized spacial score (nSPS) is 11.2. The lowest BCUT2D eigenvalue weighted by Gasteiger charge is -2.14. The fourth-order valence-electron chi connectivity index (χ4n) is 3.08. The van der Waals surface area contributed by atoms with Crippen LogP contribution in [0.1, 0.15) is 23.7 Å². The molecule has 174 valence electrons. The molecule has 1 heterocycles. The lowest BCUT2D eigenvalue weighted by Crippen LogP contribution is -2.16. The molecule has 8 nitrogen and oxygen atoms in total. The summed E-state index contributed by atoms with van der Waals surface area (Å²) in [5.74, 6) is -0.190. The third-order valence-electron chi connectivity index (χ3n) is 4.73. The van der Waals surface area contributed by atoms with E-state index in [-0.39, 0.29) is 16.5 Å². The first-order valence-corrected chi connectivity index (χ1v) is 12.3. The van der Waals surface area contributed by atoms with E-state index in [9.17, 15) is 13.2 Å². The van der Waals surface area contributed by atoms with Crippen molar-refractivity contribution in [3.05, 3.63) is 83.4 Å². The van der Waals surface area contributed by atoms with Gasteiger partial charge in [-0.15, -0.1) is 0 Å². The number of carbonyl (C=O) groups is 1. The van der Waals surface area contributed by atoms with E-state index in [2.05, 4.69) is 20.0 Å². The highest BCUT2D eigenvalue weighted by Crippen LogP contribution is 2.28. The number of hydrogen-bond donors (Lipinski definition) is 2. The number of carbonyl (C=O) groups excluding carboxylic acids is 1. The Morgan fingerprint density at radius 3 is 2.26 bits per heavy atom. The average molecular weight is 497 g/mol. The van der Waals surface area contributed by atoms with Gasteiger partial charge >= 0.3 is 5.97 Å². The fourth-order valence-corrected chi connectivity index (χ4v) is 4.39. The maximum atomic E-state index is 13.0. The molecule has 2 N–H and O–H groups in total. The van der Waals surface area contributed by atoms with Crippen molar-refractivity contribution in [2.45, 2.75) is 18.2 Å². The van der Waals surface area contributed by atoms with Gasteiger partial charge in [-0.05, 0) is 61.0 Å². The molecular weight excluding hydrogens is 476 g/mol. The summed E-state index contributed by atoms with van der Waals surface area (Å²) >= 11 is 5.97. The first-order chi connectivity index (χ1) is 16.4. The number of anilines is 3. The van der Waals surface area contributed by atoms with Crippen molar-refractivity contribution in [3.8, 4) is 0 Å². The fraction of sp³-hybridized carbons (Fsp3) is 0.125. The Balaban J connectivity index is 1.67. The molecule has 0 atom stereocenters. The molecule has 34 heavy (non-hydrogen) atoms. The van der Waals surface area contributed by atoms with Crippen molar-refractivity contribution in [1.82, 2.24) is 9.97 Å². The Morgan fingerprint density at radius 2 is 1.62 bits per heavy atom. The van der Waals surface area contributed by atoms with Crippen LogP contribution in [0.5, 0.6) is 0 Å². The van der Waals surface area contributed by atoms with Crippen molar-refractivity contribution >= 4 is 56.0 Å². The monoisotopic (exact) mass is 496 g/mol. The Hall–Kier alpha value is -3.69. The van der Waals surface area contributed by atoms with E-state index in [0.29, 0.717) is 33.9 Å². The van der Waals surface area contributed by atoms with Gasteiger partial charge in [-0.25, -0.2) is 23.2 Å². The number of hydrogen-bond acceptors (Lipinski definition) is 7. The molecular formula is C24H21ClN4O4S. The highest BCUT2D eigenvalue weighted by Gasteiger charge is 2.19. The highest BCUT2D eigenvalue weighted by atomic mass is 35.5. The topological polar surface area (TPSA) is 110 Å². The molecule has 0 aliphatic carbocycles. The SMILES string of the molecule is CCCOC(=O)c1ccc(Nc2nc3ccccc3nc2NS(=O)(=O)c2cccc(Cl)c2)cc1. The van der Waals surface area contributed by atoms with Crippen LogP contribution in [0.15, 0.2) is 77.7 Å². The van der Waals surface area contributed by atoms with E-state index in [1.165, 1.54) is 12.1 Å². The maximum Gasteiger partial charge on any atom is 0.338 e. The smallest absolute Gasteiger partial charge is 0.338 e. The lowest BCUT2D eigenvalue weighted by molar-refractivity contribution is 0.0505. The maximum absolute atomic E-state index is 13.0. The van der Waals surface area contributed by atoms with Crippen LogP contribution < -0.4 is 10.0 Å². The van der Waals surface area contributed by atoms with Gasteiger partial charge in [-0.2, -0.15) is 0 Å². The highest BCUT2D eigenvalue weighted by molar-refractivity contribution is 7.92. The molecule has 0 aliphatic rings. The third kappa shape index (κ3) is 5.44. The van der Waals surface area contributed by atoms with Gasteiger partial charge < -0.3 is 10.1 Å². The number of halogens is 1. The molecule has 0 saturated carbocycles. The molecule has 4 rings (SSSR count). The van der Waals surface area contributed by atoms with Gasteiger partial charge in [0, 0.05) is 10.7 Å². The number of nitrogens with zero attached hydrogens (tertiary/aromatic N) is 2. The Kier molecular flexibility index (Phi) is 6.95. The molecule has 3 aromatic carbocycles. The second kappa shape index (κ2) is 10.1. The second-order valence-corrected chi connectivity index (χ2v) is 9.43. The number of benzene rings is 3. The van der Waals surface area contributed by atoms with Gasteiger partial charge in [0.15, 0.2) is 11.6 Å². The summed E-state index contributed by atoms with van der Waals surface area (Å²) in [7, 11) is -3.98. The van der Waals surface area contributed by atoms with Gasteiger partial charge in [0.1, 0.15) is 0 Å². The molecule has 0 radical (unpaired) electrons. The minimum Gasteiger partial charge on any atom is -0.462 e. The summed E-state index contributed by atoms with van der Waals surface area (Å²) < 4.78 is 33.6. The van der Waals surface area contributed by atoms with Crippen molar-refractivity contribution in [2.75, 3.05) is 16.6 Å². The number of fused-ring (bicyclic) bond motifs is 1. The van der Waals surface area contributed by atoms with E-state index in [1.54, 1.807) is 54.6 Å². The zero-order chi connectivity index (χ0) is 24.1. The standard InChI is InChI=1S/C24H21ClN4O4S/c1-2-14-33-24(30)16-10-12-18(13-11-16)26-22-23(28-21-9-4-3-8-20(21)27-22)29-34(31,32)19-7-5-6-17(25)15-19/h3-13,15H,2,14H2,1H3,(H,26,27)(H,28,29). The molecule has 0 saturated heterocycles. The molecule has 4 aromatic rings. The Bertz CT molecular complexity index is 1440. The van der Waals surface area contributed by atoms with Crippen LogP contribution in [-0.4, -0.2) is 31.0 Å². The largest absolute Gasteiger partial charge is 0.462 e. The summed E-state index contributed by atoms with van der Waals surface area (Å²) in [4.78, 5) is 21.0. The average Bonchev–Trinajstić information content (AvgIpc) is 2.83. The minimum absolute atomic E-state index is 0.00384. The van der Waals surface area contributed by atoms with Crippen LogP contribution in [-0.2, 0) is 14.8 Å². The van der Waals surface area contributed by atoms with Crippen molar-refractivity contribution in [1.29, 1.82) is 0 Å². The molecule has 1 aromatic heterocycles. The number of sulfonamides is 1. The molecule has 0 unspecified atom stereocenters. The predicted octanol–water partition coefficient (Wildman–Crippen LogP) is 5.39. The van der Waals surface area contributed by atoms with Gasteiger partial charge in [0.25, 0.3) is 10.0 Å². The Labute approximate surface area is 202 Å². The first-order valence-electron chi connectivity index (χ1n) is 10.4. The van der Waals surface area contributed by atoms with E-state index in [0.717, 1.165) is 6.42 Å². The van der Waals surface area contributed by atoms with Gasteiger partial charge in [-0.1, -0.05) is 36.7 Å². The lowest BCUT2D eigenvalue weighted by atomic mass is 10.2. The quantitative estimate of drug-likeness (QED) is 0.314. The zero-order valence-corrected chi connectivity index (χ0v) is 19.7. The molecule has 0 aliphatic heterocycles. The van der Waals surface area contributed by atoms with E-state index < -0.39 is 16.0 Å². The number of nitrogens with one attached hydrogen (secondary N) is 2. The summed E-state index contributed by atoms with van der Waals surface area (Å²) in [6.45, 7) is 2.27. The van der Waals surface area contributed by atoms with Crippen LogP contribution >= 0.6 is 11.6 Å². The van der Waals surface area contributed by atoms with Crippen molar-refractivity contribution < 1.29 is 17.9 Å². The minimum atomic E-state index is -3.98. The number of aromatic nitrogens is 2. The van der Waals surface area contributed by atoms with Crippen LogP contribution in [0.2, 0.25) is 5.02 Å². The molecule has 0 fully saturated rings. The van der Waals surface area contributed by atoms with E-state index in [1.807, 2.05) is 13.0 Å². The zero-order valence-electron chi connectivity index (χ0n) is 18.2. The number of esters is 1. The number of rotatable bonds is 8. The Morgan fingerprint density at radius 1 is 0.941 bits per heavy atom. The van der Waals surface area contributed by atoms with Crippen LogP contribution in [0, 0.1) is 0 Å². The van der Waals surface area contributed by atoms with Gasteiger partial charge in [-0.3, -0.25) is 4.72 Å². The van der Waals surface area contributed by atoms with E-state index in [4.69, 9.17) is 16.3 Å². The summed E-state index contributed by atoms with van der Waals surface area (Å²) in [6, 6.07) is 19.6.